The lowest BCUT2D eigenvalue weighted by Gasteiger charge is -2.18. The van der Waals surface area contributed by atoms with Crippen LogP contribution >= 0.6 is 46.3 Å². The van der Waals surface area contributed by atoms with E-state index in [0.29, 0.717) is 19.5 Å². The van der Waals surface area contributed by atoms with Gasteiger partial charge in [-0.1, -0.05) is 52.4 Å². The van der Waals surface area contributed by atoms with Crippen molar-refractivity contribution in [3.63, 3.8) is 0 Å². The van der Waals surface area contributed by atoms with E-state index >= 15 is 0 Å². The van der Waals surface area contributed by atoms with Crippen molar-refractivity contribution in [1.29, 1.82) is 0 Å². The molecule has 22 heavy (non-hydrogen) atoms. The number of rotatable bonds is 5. The van der Waals surface area contributed by atoms with Crippen molar-refractivity contribution in [3.05, 3.63) is 33.8 Å². The molecule has 0 bridgehead atoms. The molecule has 0 saturated carbocycles. The summed E-state index contributed by atoms with van der Waals surface area (Å²) in [6.07, 6.45) is 0. The normalized spacial score (nSPS) is 13.6. The summed E-state index contributed by atoms with van der Waals surface area (Å²) in [4.78, 5) is 12.2. The summed E-state index contributed by atoms with van der Waals surface area (Å²) < 4.78 is 0.664. The Labute approximate surface area is 146 Å². The van der Waals surface area contributed by atoms with Crippen molar-refractivity contribution in [2.45, 2.75) is 29.5 Å². The Morgan fingerprint density at radius 3 is 2.68 bits per heavy atom. The molecule has 0 spiro atoms. The Hall–Kier alpha value is -1.02. The van der Waals surface area contributed by atoms with Crippen LogP contribution in [-0.4, -0.2) is 21.4 Å². The fraction of sp³-hybridized carbons (Fsp3) is 0.308. The third-order valence-electron chi connectivity index (χ3n) is 2.86. The molecule has 2 aromatic rings. The van der Waals surface area contributed by atoms with Crippen molar-refractivity contribution < 1.29 is 4.79 Å². The number of amides is 1. The number of halogens is 2. The standard InChI is InChI=1S/C13H14Cl2N4OS2/c1-6(9-4-3-8(14)5-10(9)15)17-11(20)7(2)21-13-19-18-12(16)22-13/h3-7H,1-2H3,(H2,16,18)(H,17,20)/t6-,7+/m1/s1. The first-order valence-corrected chi connectivity index (χ1v) is 8.83. The van der Waals surface area contributed by atoms with Crippen molar-refractivity contribution in [1.82, 2.24) is 15.5 Å². The van der Waals surface area contributed by atoms with Gasteiger partial charge in [0, 0.05) is 10.0 Å². The molecule has 0 aliphatic rings. The summed E-state index contributed by atoms with van der Waals surface area (Å²) in [5.74, 6) is -0.114. The number of aromatic nitrogens is 2. The molecule has 1 aromatic heterocycles. The molecule has 0 fully saturated rings. The highest BCUT2D eigenvalue weighted by atomic mass is 35.5. The van der Waals surface area contributed by atoms with Crippen LogP contribution in [-0.2, 0) is 4.79 Å². The average molecular weight is 377 g/mol. The summed E-state index contributed by atoms with van der Waals surface area (Å²) >= 11 is 14.6. The predicted octanol–water partition coefficient (Wildman–Crippen LogP) is 3.79. The van der Waals surface area contributed by atoms with Crippen LogP contribution in [0.2, 0.25) is 10.0 Å². The van der Waals surface area contributed by atoms with Crippen LogP contribution in [0.1, 0.15) is 25.5 Å². The molecule has 2 rings (SSSR count). The Bertz CT molecular complexity index is 680. The molecule has 0 saturated heterocycles. The molecule has 2 atom stereocenters. The summed E-state index contributed by atoms with van der Waals surface area (Å²) in [6, 6.07) is 4.98. The van der Waals surface area contributed by atoms with E-state index in [1.165, 1.54) is 23.1 Å². The predicted molar refractivity (Wildman–Crippen MR) is 92.7 cm³/mol. The summed E-state index contributed by atoms with van der Waals surface area (Å²) in [5.41, 5.74) is 6.34. The Balaban J connectivity index is 1.98. The van der Waals surface area contributed by atoms with Crippen LogP contribution < -0.4 is 11.1 Å². The number of hydrogen-bond donors (Lipinski definition) is 2. The van der Waals surface area contributed by atoms with E-state index < -0.39 is 0 Å². The van der Waals surface area contributed by atoms with Gasteiger partial charge in [0.1, 0.15) is 0 Å². The van der Waals surface area contributed by atoms with Crippen molar-refractivity contribution in [2.75, 3.05) is 5.73 Å². The highest BCUT2D eigenvalue weighted by Gasteiger charge is 2.20. The summed E-state index contributed by atoms with van der Waals surface area (Å²) in [7, 11) is 0. The lowest BCUT2D eigenvalue weighted by atomic mass is 10.1. The number of carbonyl (C=O) groups is 1. The number of carbonyl (C=O) groups excluding carboxylic acids is 1. The minimum Gasteiger partial charge on any atom is -0.374 e. The van der Waals surface area contributed by atoms with Crippen LogP contribution in [0.4, 0.5) is 5.13 Å². The Kier molecular flexibility index (Phi) is 5.91. The lowest BCUT2D eigenvalue weighted by molar-refractivity contribution is -0.120. The first-order chi connectivity index (χ1) is 10.4. The maximum atomic E-state index is 12.2. The average Bonchev–Trinajstić information content (AvgIpc) is 2.83. The van der Waals surface area contributed by atoms with Gasteiger partial charge in [-0.05, 0) is 31.5 Å². The topological polar surface area (TPSA) is 80.9 Å². The molecule has 0 aliphatic carbocycles. The maximum Gasteiger partial charge on any atom is 0.233 e. The van der Waals surface area contributed by atoms with Crippen molar-refractivity contribution in [2.24, 2.45) is 0 Å². The monoisotopic (exact) mass is 376 g/mol. The highest BCUT2D eigenvalue weighted by Crippen LogP contribution is 2.29. The molecule has 0 unspecified atom stereocenters. The van der Waals surface area contributed by atoms with Crippen LogP contribution in [0.5, 0.6) is 0 Å². The van der Waals surface area contributed by atoms with Crippen LogP contribution in [0.15, 0.2) is 22.5 Å². The SMILES string of the molecule is C[C@H](Sc1nnc(N)s1)C(=O)N[C@H](C)c1ccc(Cl)cc1Cl. The van der Waals surface area contributed by atoms with E-state index in [2.05, 4.69) is 15.5 Å². The molecule has 0 aliphatic heterocycles. The largest absolute Gasteiger partial charge is 0.374 e. The molecule has 0 radical (unpaired) electrons. The highest BCUT2D eigenvalue weighted by molar-refractivity contribution is 8.02. The van der Waals surface area contributed by atoms with Gasteiger partial charge in [0.15, 0.2) is 4.34 Å². The molecule has 118 valence electrons. The smallest absolute Gasteiger partial charge is 0.233 e. The first kappa shape index (κ1) is 17.3. The fourth-order valence-electron chi connectivity index (χ4n) is 1.73. The Morgan fingerprint density at radius 2 is 2.09 bits per heavy atom. The zero-order valence-electron chi connectivity index (χ0n) is 11.8. The van der Waals surface area contributed by atoms with Crippen molar-refractivity contribution >= 4 is 57.3 Å². The number of nitrogens with two attached hydrogens (primary N) is 1. The number of anilines is 1. The van der Waals surface area contributed by atoms with Gasteiger partial charge in [-0.3, -0.25) is 4.79 Å². The molecule has 1 aromatic carbocycles. The molecular formula is C13H14Cl2N4OS2. The van der Waals surface area contributed by atoms with E-state index in [1.54, 1.807) is 25.1 Å². The van der Waals surface area contributed by atoms with Gasteiger partial charge in [-0.15, -0.1) is 10.2 Å². The van der Waals surface area contributed by atoms with E-state index in [-0.39, 0.29) is 17.2 Å². The number of thioether (sulfide) groups is 1. The number of nitrogens with zero attached hydrogens (tertiary/aromatic N) is 2. The molecule has 1 heterocycles. The number of nitrogens with one attached hydrogen (secondary N) is 1. The molecule has 3 N–H and O–H groups in total. The quantitative estimate of drug-likeness (QED) is 0.775. The zero-order chi connectivity index (χ0) is 16.3. The Morgan fingerprint density at radius 1 is 1.36 bits per heavy atom. The molecule has 5 nitrogen and oxygen atoms in total. The first-order valence-electron chi connectivity index (χ1n) is 6.37. The van der Waals surface area contributed by atoms with Crippen LogP contribution in [0, 0.1) is 0 Å². The van der Waals surface area contributed by atoms with E-state index in [1.807, 2.05) is 6.92 Å². The summed E-state index contributed by atoms with van der Waals surface area (Å²) in [5, 5.41) is 11.7. The van der Waals surface area contributed by atoms with Gasteiger partial charge in [-0.25, -0.2) is 0 Å². The van der Waals surface area contributed by atoms with Gasteiger partial charge in [0.25, 0.3) is 0 Å². The zero-order valence-corrected chi connectivity index (χ0v) is 15.0. The van der Waals surface area contributed by atoms with E-state index in [9.17, 15) is 4.79 Å². The van der Waals surface area contributed by atoms with Gasteiger partial charge < -0.3 is 11.1 Å². The van der Waals surface area contributed by atoms with E-state index in [4.69, 9.17) is 28.9 Å². The molecule has 9 heteroatoms. The van der Waals surface area contributed by atoms with Gasteiger partial charge >= 0.3 is 0 Å². The van der Waals surface area contributed by atoms with E-state index in [0.717, 1.165) is 5.56 Å². The second-order valence-corrected chi connectivity index (χ2v) is 8.00. The fourth-order valence-corrected chi connectivity index (χ4v) is 4.10. The van der Waals surface area contributed by atoms with Crippen LogP contribution in [0.3, 0.4) is 0 Å². The number of hydrogen-bond acceptors (Lipinski definition) is 6. The summed E-state index contributed by atoms with van der Waals surface area (Å²) in [6.45, 7) is 3.67. The molecule has 1 amide bonds. The third kappa shape index (κ3) is 4.49. The maximum absolute atomic E-state index is 12.2. The second kappa shape index (κ2) is 7.50. The minimum atomic E-state index is -0.319. The second-order valence-electron chi connectivity index (χ2n) is 4.56. The number of nitrogen functional groups attached to an aromatic ring is 1. The number of benzene rings is 1. The minimum absolute atomic E-state index is 0.114. The van der Waals surface area contributed by atoms with Gasteiger partial charge in [0.05, 0.1) is 11.3 Å². The lowest BCUT2D eigenvalue weighted by Crippen LogP contribution is -2.33. The van der Waals surface area contributed by atoms with Gasteiger partial charge in [-0.2, -0.15) is 0 Å². The molecular weight excluding hydrogens is 363 g/mol. The van der Waals surface area contributed by atoms with Gasteiger partial charge in [0.2, 0.25) is 11.0 Å². The van der Waals surface area contributed by atoms with Crippen molar-refractivity contribution in [3.8, 4) is 0 Å². The third-order valence-corrected chi connectivity index (χ3v) is 5.36. The van der Waals surface area contributed by atoms with Crippen LogP contribution in [0.25, 0.3) is 0 Å².